The van der Waals surface area contributed by atoms with Gasteiger partial charge in [-0.2, -0.15) is 0 Å². The molecule has 2 amide bonds. The molecule has 0 spiro atoms. The maximum Gasteiger partial charge on any atom is 0.308 e. The summed E-state index contributed by atoms with van der Waals surface area (Å²) < 4.78 is 0. The number of amides is 2. The number of rotatable bonds is 7. The monoisotopic (exact) mass is 296 g/mol. The molecular weight excluding hydrogens is 272 g/mol. The third-order valence-electron chi connectivity index (χ3n) is 4.40. The van der Waals surface area contributed by atoms with Gasteiger partial charge in [0.05, 0.1) is 5.92 Å². The Kier molecular flexibility index (Phi) is 5.20. The van der Waals surface area contributed by atoms with E-state index in [2.05, 4.69) is 5.32 Å². The van der Waals surface area contributed by atoms with E-state index in [-0.39, 0.29) is 30.6 Å². The first-order chi connectivity index (χ1) is 10.0. The number of nitrogens with one attached hydrogen (secondary N) is 1. The van der Waals surface area contributed by atoms with Crippen LogP contribution in [0, 0.1) is 17.8 Å². The molecule has 1 aliphatic carbocycles. The standard InChI is InChI=1S/C15H24N2O4/c1-2-7-16-13(18)5-6-14(19)17-8-11(10-3-4-10)12(9-17)15(20)21/h10-12H,2-9H2,1H3,(H,16,18)(H,20,21)/t11-,12+/m1/s1. The number of aliphatic carboxylic acids is 1. The fourth-order valence-corrected chi connectivity index (χ4v) is 3.03. The minimum absolute atomic E-state index is 0.0976. The van der Waals surface area contributed by atoms with Crippen molar-refractivity contribution in [2.45, 2.75) is 39.0 Å². The highest BCUT2D eigenvalue weighted by Gasteiger charge is 2.46. The molecule has 118 valence electrons. The number of hydrogen-bond donors (Lipinski definition) is 2. The van der Waals surface area contributed by atoms with Crippen LogP contribution in [0.1, 0.15) is 39.0 Å². The van der Waals surface area contributed by atoms with E-state index in [0.717, 1.165) is 19.3 Å². The van der Waals surface area contributed by atoms with E-state index >= 15 is 0 Å². The van der Waals surface area contributed by atoms with E-state index in [1.54, 1.807) is 4.90 Å². The zero-order valence-corrected chi connectivity index (χ0v) is 12.5. The van der Waals surface area contributed by atoms with Gasteiger partial charge in [0.15, 0.2) is 0 Å². The molecule has 6 nitrogen and oxygen atoms in total. The molecule has 21 heavy (non-hydrogen) atoms. The van der Waals surface area contributed by atoms with Crippen LogP contribution in [-0.4, -0.2) is 47.4 Å². The van der Waals surface area contributed by atoms with Crippen molar-refractivity contribution in [2.24, 2.45) is 17.8 Å². The first kappa shape index (κ1) is 15.8. The molecule has 2 atom stereocenters. The van der Waals surface area contributed by atoms with E-state index in [4.69, 9.17) is 0 Å². The van der Waals surface area contributed by atoms with Crippen LogP contribution in [0.3, 0.4) is 0 Å². The van der Waals surface area contributed by atoms with Crippen LogP contribution in [0.15, 0.2) is 0 Å². The quantitative estimate of drug-likeness (QED) is 0.729. The Balaban J connectivity index is 1.80. The van der Waals surface area contributed by atoms with Crippen molar-refractivity contribution in [1.29, 1.82) is 0 Å². The minimum atomic E-state index is -0.803. The molecule has 6 heteroatoms. The van der Waals surface area contributed by atoms with E-state index in [9.17, 15) is 19.5 Å². The summed E-state index contributed by atoms with van der Waals surface area (Å²) in [7, 11) is 0. The highest BCUT2D eigenvalue weighted by molar-refractivity contribution is 5.84. The maximum atomic E-state index is 12.1. The van der Waals surface area contributed by atoms with Crippen LogP contribution in [-0.2, 0) is 14.4 Å². The average Bonchev–Trinajstić information content (AvgIpc) is 3.20. The van der Waals surface area contributed by atoms with Crippen LogP contribution in [0.25, 0.3) is 0 Å². The molecule has 1 saturated carbocycles. The van der Waals surface area contributed by atoms with E-state index < -0.39 is 11.9 Å². The summed E-state index contributed by atoms with van der Waals surface area (Å²) in [5, 5.41) is 12.0. The molecule has 0 aromatic carbocycles. The number of carbonyl (C=O) groups is 3. The lowest BCUT2D eigenvalue weighted by atomic mass is 9.92. The van der Waals surface area contributed by atoms with Crippen LogP contribution in [0.2, 0.25) is 0 Å². The summed E-state index contributed by atoms with van der Waals surface area (Å²) in [4.78, 5) is 36.6. The van der Waals surface area contributed by atoms with Crippen molar-refractivity contribution in [3.8, 4) is 0 Å². The molecule has 1 saturated heterocycles. The molecule has 2 aliphatic rings. The lowest BCUT2D eigenvalue weighted by molar-refractivity contribution is -0.143. The molecule has 0 aromatic heterocycles. The number of nitrogens with zero attached hydrogens (tertiary/aromatic N) is 1. The smallest absolute Gasteiger partial charge is 0.308 e. The van der Waals surface area contributed by atoms with Gasteiger partial charge in [0.2, 0.25) is 11.8 Å². The Bertz CT molecular complexity index is 420. The van der Waals surface area contributed by atoms with E-state index in [1.165, 1.54) is 0 Å². The third-order valence-corrected chi connectivity index (χ3v) is 4.40. The van der Waals surface area contributed by atoms with Gasteiger partial charge in [0, 0.05) is 32.5 Å². The van der Waals surface area contributed by atoms with Gasteiger partial charge in [-0.05, 0) is 31.1 Å². The Morgan fingerprint density at radius 3 is 2.48 bits per heavy atom. The molecule has 1 heterocycles. The molecule has 0 bridgehead atoms. The number of hydrogen-bond acceptors (Lipinski definition) is 3. The van der Waals surface area contributed by atoms with Crippen molar-refractivity contribution in [2.75, 3.05) is 19.6 Å². The summed E-state index contributed by atoms with van der Waals surface area (Å²) in [5.74, 6) is -0.885. The van der Waals surface area contributed by atoms with Gasteiger partial charge in [0.25, 0.3) is 0 Å². The molecule has 1 aliphatic heterocycles. The largest absolute Gasteiger partial charge is 0.481 e. The second-order valence-electron chi connectivity index (χ2n) is 6.09. The number of carboxylic acids is 1. The fourth-order valence-electron chi connectivity index (χ4n) is 3.03. The van der Waals surface area contributed by atoms with Gasteiger partial charge < -0.3 is 15.3 Å². The molecular formula is C15H24N2O4. The number of carboxylic acid groups (broad SMARTS) is 1. The molecule has 0 unspecified atom stereocenters. The topological polar surface area (TPSA) is 86.7 Å². The van der Waals surface area contributed by atoms with Crippen molar-refractivity contribution in [1.82, 2.24) is 10.2 Å². The molecule has 0 aromatic rings. The first-order valence-electron chi connectivity index (χ1n) is 7.80. The van der Waals surface area contributed by atoms with Gasteiger partial charge in [-0.1, -0.05) is 6.92 Å². The van der Waals surface area contributed by atoms with Crippen LogP contribution in [0.5, 0.6) is 0 Å². The lowest BCUT2D eigenvalue weighted by Crippen LogP contribution is -2.31. The first-order valence-corrected chi connectivity index (χ1v) is 7.80. The van der Waals surface area contributed by atoms with E-state index in [1.807, 2.05) is 6.92 Å². The van der Waals surface area contributed by atoms with E-state index in [0.29, 0.717) is 25.6 Å². The minimum Gasteiger partial charge on any atom is -0.481 e. The fraction of sp³-hybridized carbons (Fsp3) is 0.800. The predicted molar refractivity (Wildman–Crippen MR) is 76.5 cm³/mol. The average molecular weight is 296 g/mol. The van der Waals surface area contributed by atoms with Crippen molar-refractivity contribution in [3.05, 3.63) is 0 Å². The summed E-state index contributed by atoms with van der Waals surface area (Å²) in [6, 6.07) is 0. The number of carbonyl (C=O) groups excluding carboxylic acids is 2. The lowest BCUT2D eigenvalue weighted by Gasteiger charge is -2.16. The van der Waals surface area contributed by atoms with Crippen molar-refractivity contribution >= 4 is 17.8 Å². The summed E-state index contributed by atoms with van der Waals surface area (Å²) >= 11 is 0. The second-order valence-corrected chi connectivity index (χ2v) is 6.09. The van der Waals surface area contributed by atoms with Crippen LogP contribution >= 0.6 is 0 Å². The van der Waals surface area contributed by atoms with Crippen molar-refractivity contribution in [3.63, 3.8) is 0 Å². The Morgan fingerprint density at radius 1 is 1.19 bits per heavy atom. The Hall–Kier alpha value is -1.59. The van der Waals surface area contributed by atoms with Gasteiger partial charge in [-0.3, -0.25) is 14.4 Å². The van der Waals surface area contributed by atoms with Gasteiger partial charge in [-0.25, -0.2) is 0 Å². The zero-order valence-electron chi connectivity index (χ0n) is 12.5. The summed E-state index contributed by atoms with van der Waals surface area (Å²) in [5.41, 5.74) is 0. The molecule has 2 N–H and O–H groups in total. The third kappa shape index (κ3) is 4.19. The van der Waals surface area contributed by atoms with Crippen LogP contribution < -0.4 is 5.32 Å². The van der Waals surface area contributed by atoms with Crippen molar-refractivity contribution < 1.29 is 19.5 Å². The Labute approximate surface area is 124 Å². The highest BCUT2D eigenvalue weighted by atomic mass is 16.4. The van der Waals surface area contributed by atoms with Gasteiger partial charge >= 0.3 is 5.97 Å². The normalized spacial score (nSPS) is 24.9. The SMILES string of the molecule is CCCNC(=O)CCC(=O)N1C[C@H](C(=O)O)[C@@H](C2CC2)C1. The van der Waals surface area contributed by atoms with Gasteiger partial charge in [0.1, 0.15) is 0 Å². The zero-order chi connectivity index (χ0) is 15.4. The molecule has 2 fully saturated rings. The molecule has 2 rings (SSSR count). The highest BCUT2D eigenvalue weighted by Crippen LogP contribution is 2.44. The number of likely N-dealkylation sites (tertiary alicyclic amines) is 1. The molecule has 0 radical (unpaired) electrons. The van der Waals surface area contributed by atoms with Gasteiger partial charge in [-0.15, -0.1) is 0 Å². The Morgan fingerprint density at radius 2 is 1.90 bits per heavy atom. The predicted octanol–water partition coefficient (Wildman–Crippen LogP) is 0.862. The summed E-state index contributed by atoms with van der Waals surface area (Å²) in [6.07, 6.45) is 3.38. The maximum absolute atomic E-state index is 12.1. The summed E-state index contributed by atoms with van der Waals surface area (Å²) in [6.45, 7) is 3.43. The van der Waals surface area contributed by atoms with Crippen LogP contribution in [0.4, 0.5) is 0 Å². The second kappa shape index (κ2) is 6.91.